The Morgan fingerprint density at radius 3 is 2.46 bits per heavy atom. The lowest BCUT2D eigenvalue weighted by Gasteiger charge is -2.72. The van der Waals surface area contributed by atoms with Gasteiger partial charge in [-0.3, -0.25) is 4.79 Å². The molecule has 26 heavy (non-hydrogen) atoms. The summed E-state index contributed by atoms with van der Waals surface area (Å²) in [5.74, 6) is 2.04. The van der Waals surface area contributed by atoms with Gasteiger partial charge < -0.3 is 9.47 Å². The molecule has 0 aromatic carbocycles. The maximum absolute atomic E-state index is 13.8. The van der Waals surface area contributed by atoms with Crippen molar-refractivity contribution >= 4 is 37.6 Å². The third-order valence-corrected chi connectivity index (χ3v) is 12.3. The normalized spacial score (nSPS) is 64.7. The van der Waals surface area contributed by atoms with Crippen molar-refractivity contribution in [3.05, 3.63) is 0 Å². The lowest BCUT2D eigenvalue weighted by molar-refractivity contribution is -0.369. The predicted octanol–water partition coefficient (Wildman–Crippen LogP) is 4.59. The van der Waals surface area contributed by atoms with Gasteiger partial charge in [-0.05, 0) is 48.9 Å². The second-order valence-electron chi connectivity index (χ2n) is 10.7. The molecule has 1 aliphatic heterocycles. The van der Waals surface area contributed by atoms with Gasteiger partial charge in [0.25, 0.3) is 0 Å². The highest BCUT2D eigenvalue weighted by Gasteiger charge is 2.90. The number of carbonyl (C=O) groups is 1. The highest BCUT2D eigenvalue weighted by atomic mass is 79.9. The van der Waals surface area contributed by atoms with Crippen LogP contribution >= 0.6 is 31.9 Å². The van der Waals surface area contributed by atoms with Crippen molar-refractivity contribution < 1.29 is 14.3 Å². The summed E-state index contributed by atoms with van der Waals surface area (Å²) in [4.78, 5) is 13.9. The summed E-state index contributed by atoms with van der Waals surface area (Å²) in [7, 11) is 1.84. The van der Waals surface area contributed by atoms with Gasteiger partial charge in [-0.2, -0.15) is 0 Å². The number of hydrogen-bond donors (Lipinski definition) is 0. The smallest absolute Gasteiger partial charge is 0.155 e. The Morgan fingerprint density at radius 2 is 1.85 bits per heavy atom. The molecule has 0 bridgehead atoms. The van der Waals surface area contributed by atoms with E-state index in [4.69, 9.17) is 9.47 Å². The third kappa shape index (κ3) is 1.52. The number of ketones is 1. The summed E-state index contributed by atoms with van der Waals surface area (Å²) in [6, 6.07) is 0. The maximum Gasteiger partial charge on any atom is 0.155 e. The van der Waals surface area contributed by atoms with Crippen LogP contribution in [0.4, 0.5) is 0 Å². The van der Waals surface area contributed by atoms with E-state index in [2.05, 4.69) is 66.5 Å². The van der Waals surface area contributed by atoms with Crippen molar-refractivity contribution in [2.24, 2.45) is 39.9 Å². The van der Waals surface area contributed by atoms with E-state index in [0.717, 1.165) is 12.8 Å². The lowest BCUT2D eigenvalue weighted by atomic mass is 9.43. The van der Waals surface area contributed by atoms with E-state index in [1.165, 1.54) is 0 Å². The number of carbonyl (C=O) groups excluding carboxylic acids is 1. The molecule has 0 radical (unpaired) electrons. The topological polar surface area (TPSA) is 35.5 Å². The molecule has 0 aromatic heterocycles. The largest absolute Gasteiger partial charge is 0.381 e. The first-order valence-corrected chi connectivity index (χ1v) is 11.9. The quantitative estimate of drug-likeness (QED) is 0.505. The Kier molecular flexibility index (Phi) is 3.56. The average Bonchev–Trinajstić information content (AvgIpc) is 3.06. The van der Waals surface area contributed by atoms with Crippen molar-refractivity contribution in [1.82, 2.24) is 0 Å². The summed E-state index contributed by atoms with van der Waals surface area (Å²) in [6.07, 6.45) is 2.49. The second-order valence-corrected chi connectivity index (χ2v) is 12.7. The van der Waals surface area contributed by atoms with Crippen molar-refractivity contribution in [2.75, 3.05) is 7.11 Å². The summed E-state index contributed by atoms with van der Waals surface area (Å²) < 4.78 is 12.8. The molecule has 1 spiro atoms. The molecular formula is C21H30Br2O3. The number of Topliss-reactive ketones (excluding diaryl/α,β-unsaturated/α-hetero) is 1. The Hall–Kier alpha value is 0.550. The highest BCUT2D eigenvalue weighted by Crippen LogP contribution is 2.83. The van der Waals surface area contributed by atoms with Gasteiger partial charge in [0.1, 0.15) is 0 Å². The van der Waals surface area contributed by atoms with Crippen LogP contribution in [0.15, 0.2) is 0 Å². The maximum atomic E-state index is 13.8. The van der Waals surface area contributed by atoms with Gasteiger partial charge in [0.05, 0.1) is 28.1 Å². The fourth-order valence-corrected chi connectivity index (χ4v) is 11.6. The molecule has 3 nitrogen and oxygen atoms in total. The van der Waals surface area contributed by atoms with Gasteiger partial charge in [0.15, 0.2) is 5.78 Å². The summed E-state index contributed by atoms with van der Waals surface area (Å²) in [5, 5.41) is 0. The van der Waals surface area contributed by atoms with Crippen LogP contribution in [-0.4, -0.2) is 40.4 Å². The number of halogens is 2. The summed E-state index contributed by atoms with van der Waals surface area (Å²) in [6.45, 7) is 11.6. The van der Waals surface area contributed by atoms with Crippen molar-refractivity contribution in [3.63, 3.8) is 0 Å². The molecule has 4 aliphatic carbocycles. The van der Waals surface area contributed by atoms with Crippen LogP contribution in [0.3, 0.4) is 0 Å². The zero-order valence-corrected chi connectivity index (χ0v) is 19.7. The number of hydrogen-bond acceptors (Lipinski definition) is 3. The molecular weight excluding hydrogens is 460 g/mol. The van der Waals surface area contributed by atoms with Crippen LogP contribution < -0.4 is 0 Å². The van der Waals surface area contributed by atoms with E-state index in [9.17, 15) is 4.79 Å². The minimum atomic E-state index is -0.391. The molecule has 11 atom stereocenters. The molecule has 5 aliphatic rings. The molecule has 5 rings (SSSR count). The van der Waals surface area contributed by atoms with Gasteiger partial charge in [0, 0.05) is 17.4 Å². The van der Waals surface area contributed by atoms with Gasteiger partial charge in [-0.15, -0.1) is 0 Å². The average molecular weight is 490 g/mol. The number of methoxy groups -OCH3 is 1. The number of alkyl halides is 2. The van der Waals surface area contributed by atoms with E-state index >= 15 is 0 Å². The minimum Gasteiger partial charge on any atom is -0.381 e. The number of fused-ring (bicyclic) bond motifs is 1. The number of rotatable bonds is 1. The first kappa shape index (κ1) is 18.6. The fraction of sp³-hybridized carbons (Fsp3) is 0.952. The van der Waals surface area contributed by atoms with Crippen LogP contribution in [0.25, 0.3) is 0 Å². The standard InChI is InChI=1S/C21H30Br2O3/c1-9-11(25-6)7-10-8-19(4)16(24)13(22)14-18(2,3)15(23)17-20(14,5)21(19,26-17)12(9)10/h9-15,17H,7-8H2,1-6H3/t9-,10-,11-,12-,13+,14-,15+,17+,19+,20-,21-/m0/s1. The predicted molar refractivity (Wildman–Crippen MR) is 108 cm³/mol. The van der Waals surface area contributed by atoms with Gasteiger partial charge in [0.2, 0.25) is 0 Å². The van der Waals surface area contributed by atoms with Crippen LogP contribution in [0.2, 0.25) is 0 Å². The molecule has 5 heteroatoms. The van der Waals surface area contributed by atoms with Crippen LogP contribution in [0, 0.1) is 39.9 Å². The molecule has 1 saturated heterocycles. The van der Waals surface area contributed by atoms with Gasteiger partial charge in [-0.1, -0.05) is 59.6 Å². The second kappa shape index (κ2) is 4.99. The first-order chi connectivity index (χ1) is 12.0. The van der Waals surface area contributed by atoms with Crippen molar-refractivity contribution in [2.45, 2.75) is 74.9 Å². The third-order valence-electron chi connectivity index (χ3n) is 9.67. The zero-order valence-electron chi connectivity index (χ0n) is 16.5. The Morgan fingerprint density at radius 1 is 1.19 bits per heavy atom. The summed E-state index contributed by atoms with van der Waals surface area (Å²) >= 11 is 7.86. The molecule has 0 aromatic rings. The molecule has 4 saturated carbocycles. The van der Waals surface area contributed by atoms with E-state index in [0.29, 0.717) is 29.6 Å². The van der Waals surface area contributed by atoms with E-state index in [1.54, 1.807) is 0 Å². The fourth-order valence-electron chi connectivity index (χ4n) is 8.88. The Balaban J connectivity index is 1.73. The zero-order chi connectivity index (χ0) is 19.0. The van der Waals surface area contributed by atoms with Crippen LogP contribution in [-0.2, 0) is 14.3 Å². The van der Waals surface area contributed by atoms with Crippen molar-refractivity contribution in [3.8, 4) is 0 Å². The summed E-state index contributed by atoms with van der Waals surface area (Å²) in [5.41, 5.74) is -0.710. The van der Waals surface area contributed by atoms with Crippen molar-refractivity contribution in [1.29, 1.82) is 0 Å². The van der Waals surface area contributed by atoms with E-state index in [-0.39, 0.29) is 38.1 Å². The van der Waals surface area contributed by atoms with Gasteiger partial charge in [-0.25, -0.2) is 0 Å². The van der Waals surface area contributed by atoms with Crippen LogP contribution in [0.5, 0.6) is 0 Å². The molecule has 1 heterocycles. The SMILES string of the molecule is CO[C@H]1C[C@H]2C[C@]3(C)C(=O)[C@H](Br)[C@H]4C(C)(C)[C@H](Br)[C@H]5O[C@]3([C@H]2[C@H]1C)[C@]54C. The van der Waals surface area contributed by atoms with Crippen LogP contribution in [0.1, 0.15) is 47.5 Å². The van der Waals surface area contributed by atoms with E-state index in [1.807, 2.05) is 7.11 Å². The molecule has 0 unspecified atom stereocenters. The number of ether oxygens (including phenoxy) is 2. The Bertz CT molecular complexity index is 695. The Labute approximate surface area is 173 Å². The monoisotopic (exact) mass is 488 g/mol. The van der Waals surface area contributed by atoms with Gasteiger partial charge >= 0.3 is 0 Å². The minimum absolute atomic E-state index is 0.00859. The molecule has 0 N–H and O–H groups in total. The van der Waals surface area contributed by atoms with E-state index < -0.39 is 5.41 Å². The highest BCUT2D eigenvalue weighted by molar-refractivity contribution is 9.10. The lowest BCUT2D eigenvalue weighted by Crippen LogP contribution is -2.81. The molecule has 146 valence electrons. The molecule has 0 amide bonds. The molecule has 5 fully saturated rings. The first-order valence-electron chi connectivity index (χ1n) is 10.0.